The van der Waals surface area contributed by atoms with Crippen LogP contribution in [0.5, 0.6) is 0 Å². The molecule has 0 spiro atoms. The van der Waals surface area contributed by atoms with Crippen molar-refractivity contribution in [2.45, 2.75) is 0 Å². The highest BCUT2D eigenvalue weighted by atomic mass is 32.1. The molecule has 8 rings (SSSR count). The third-order valence-corrected chi connectivity index (χ3v) is 8.88. The molecule has 0 saturated carbocycles. The molecule has 0 aliphatic rings. The van der Waals surface area contributed by atoms with E-state index >= 15 is 0 Å². The van der Waals surface area contributed by atoms with Gasteiger partial charge in [0.15, 0.2) is 0 Å². The van der Waals surface area contributed by atoms with Crippen LogP contribution >= 0.6 is 11.3 Å². The summed E-state index contributed by atoms with van der Waals surface area (Å²) < 4.78 is 8.77. The molecule has 0 N–H and O–H groups in total. The van der Waals surface area contributed by atoms with E-state index in [9.17, 15) is 5.26 Å². The van der Waals surface area contributed by atoms with Gasteiger partial charge in [-0.3, -0.25) is 0 Å². The molecule has 2 heterocycles. The van der Waals surface area contributed by atoms with Gasteiger partial charge in [-0.25, -0.2) is 0 Å². The molecule has 0 bridgehead atoms. The van der Waals surface area contributed by atoms with Gasteiger partial charge >= 0.3 is 0 Å². The fraction of sp³-hybridized carbons (Fsp3) is 0. The SMILES string of the molecule is N#Cc1ccc(-c2cc(-c3ccc4c(c3)oc3ccccc34)ccc2-c2ccc3c(c2)sc2ccccc23)cc1. The van der Waals surface area contributed by atoms with Crippen LogP contribution in [0.2, 0.25) is 0 Å². The average molecular weight is 528 g/mol. The number of hydrogen-bond donors (Lipinski definition) is 0. The summed E-state index contributed by atoms with van der Waals surface area (Å²) in [5, 5.41) is 14.2. The average Bonchev–Trinajstić information content (AvgIpc) is 3.58. The Morgan fingerprint density at radius 2 is 1.12 bits per heavy atom. The van der Waals surface area contributed by atoms with E-state index in [1.54, 1.807) is 0 Å². The number of fused-ring (bicyclic) bond motifs is 6. The Bertz CT molecular complexity index is 2280. The summed E-state index contributed by atoms with van der Waals surface area (Å²) in [6.45, 7) is 0. The molecule has 0 atom stereocenters. The summed E-state index contributed by atoms with van der Waals surface area (Å²) in [4.78, 5) is 0. The fourth-order valence-corrected chi connectivity index (χ4v) is 6.88. The summed E-state index contributed by atoms with van der Waals surface area (Å²) in [5.41, 5.74) is 9.22. The zero-order chi connectivity index (χ0) is 26.6. The molecule has 0 fully saturated rings. The van der Waals surface area contributed by atoms with Crippen molar-refractivity contribution in [3.63, 3.8) is 0 Å². The minimum atomic E-state index is 0.656. The van der Waals surface area contributed by atoms with E-state index in [1.165, 1.54) is 25.7 Å². The van der Waals surface area contributed by atoms with Crippen LogP contribution in [0.25, 0.3) is 75.5 Å². The minimum absolute atomic E-state index is 0.656. The van der Waals surface area contributed by atoms with Crippen LogP contribution in [-0.4, -0.2) is 0 Å². The van der Waals surface area contributed by atoms with Gasteiger partial charge in [-0.05, 0) is 81.9 Å². The van der Waals surface area contributed by atoms with Crippen molar-refractivity contribution in [3.05, 3.63) is 133 Å². The van der Waals surface area contributed by atoms with Gasteiger partial charge in [0.1, 0.15) is 11.2 Å². The van der Waals surface area contributed by atoms with Crippen molar-refractivity contribution in [2.75, 3.05) is 0 Å². The van der Waals surface area contributed by atoms with E-state index in [4.69, 9.17) is 4.42 Å². The van der Waals surface area contributed by atoms with Crippen LogP contribution in [0.1, 0.15) is 5.56 Å². The van der Waals surface area contributed by atoms with Crippen molar-refractivity contribution in [2.24, 2.45) is 0 Å². The normalized spacial score (nSPS) is 11.5. The monoisotopic (exact) mass is 527 g/mol. The largest absolute Gasteiger partial charge is 0.456 e. The quantitative estimate of drug-likeness (QED) is 0.229. The van der Waals surface area contributed by atoms with Gasteiger partial charge in [-0.2, -0.15) is 5.26 Å². The first-order valence-electron chi connectivity index (χ1n) is 13.2. The number of furan rings is 1. The van der Waals surface area contributed by atoms with Crippen molar-refractivity contribution >= 4 is 53.4 Å². The fourth-order valence-electron chi connectivity index (χ4n) is 5.74. The van der Waals surface area contributed by atoms with Gasteiger partial charge in [-0.1, -0.05) is 78.9 Å². The van der Waals surface area contributed by atoms with E-state index in [0.717, 1.165) is 49.8 Å². The van der Waals surface area contributed by atoms with Crippen LogP contribution in [0.3, 0.4) is 0 Å². The highest BCUT2D eigenvalue weighted by molar-refractivity contribution is 7.25. The van der Waals surface area contributed by atoms with Crippen LogP contribution in [0, 0.1) is 11.3 Å². The first-order valence-corrected chi connectivity index (χ1v) is 14.0. The van der Waals surface area contributed by atoms with Gasteiger partial charge in [0.2, 0.25) is 0 Å². The number of benzene rings is 6. The molecule has 6 aromatic carbocycles. The van der Waals surface area contributed by atoms with Crippen LogP contribution in [0.15, 0.2) is 132 Å². The van der Waals surface area contributed by atoms with E-state index < -0.39 is 0 Å². The van der Waals surface area contributed by atoms with Crippen molar-refractivity contribution in [3.8, 4) is 39.4 Å². The number of hydrogen-bond acceptors (Lipinski definition) is 3. The molecule has 0 amide bonds. The Hall–Kier alpha value is -5.17. The number of nitriles is 1. The molecule has 3 heteroatoms. The van der Waals surface area contributed by atoms with Crippen LogP contribution < -0.4 is 0 Å². The van der Waals surface area contributed by atoms with E-state index in [0.29, 0.717) is 5.56 Å². The Morgan fingerprint density at radius 3 is 2.00 bits per heavy atom. The Labute approximate surface area is 235 Å². The smallest absolute Gasteiger partial charge is 0.136 e. The maximum absolute atomic E-state index is 9.37. The Kier molecular flexibility index (Phi) is 5.10. The minimum Gasteiger partial charge on any atom is -0.456 e. The molecule has 2 aromatic heterocycles. The predicted octanol–water partition coefficient (Wildman–Crippen LogP) is 10.8. The highest BCUT2D eigenvalue weighted by Gasteiger charge is 2.14. The topological polar surface area (TPSA) is 36.9 Å². The van der Waals surface area contributed by atoms with Crippen molar-refractivity contribution in [1.82, 2.24) is 0 Å². The first kappa shape index (κ1) is 22.8. The summed E-state index contributed by atoms with van der Waals surface area (Å²) in [5.74, 6) is 0. The maximum atomic E-state index is 9.37. The number of rotatable bonds is 3. The molecule has 186 valence electrons. The Balaban J connectivity index is 1.31. The summed E-state index contributed by atoms with van der Waals surface area (Å²) in [6.07, 6.45) is 0. The second-order valence-electron chi connectivity index (χ2n) is 10.1. The lowest BCUT2D eigenvalue weighted by molar-refractivity contribution is 0.669. The van der Waals surface area contributed by atoms with Crippen LogP contribution in [0.4, 0.5) is 0 Å². The van der Waals surface area contributed by atoms with Gasteiger partial charge in [0.25, 0.3) is 0 Å². The molecule has 2 nitrogen and oxygen atoms in total. The van der Waals surface area contributed by atoms with Crippen molar-refractivity contribution in [1.29, 1.82) is 5.26 Å². The lowest BCUT2D eigenvalue weighted by Crippen LogP contribution is -1.88. The summed E-state index contributed by atoms with van der Waals surface area (Å²) >= 11 is 1.83. The van der Waals surface area contributed by atoms with Gasteiger partial charge in [0, 0.05) is 30.9 Å². The molecule has 0 unspecified atom stereocenters. The second-order valence-corrected chi connectivity index (χ2v) is 11.2. The third kappa shape index (κ3) is 3.62. The zero-order valence-electron chi connectivity index (χ0n) is 21.4. The number of nitrogens with zero attached hydrogens (tertiary/aromatic N) is 1. The van der Waals surface area contributed by atoms with Crippen molar-refractivity contribution < 1.29 is 4.42 Å². The van der Waals surface area contributed by atoms with E-state index in [1.807, 2.05) is 53.8 Å². The number of para-hydroxylation sites is 1. The molecule has 0 aliphatic heterocycles. The van der Waals surface area contributed by atoms with Gasteiger partial charge < -0.3 is 4.42 Å². The lowest BCUT2D eigenvalue weighted by Gasteiger charge is -2.14. The molecular weight excluding hydrogens is 506 g/mol. The van der Waals surface area contributed by atoms with E-state index in [-0.39, 0.29) is 0 Å². The predicted molar refractivity (Wildman–Crippen MR) is 168 cm³/mol. The summed E-state index contributed by atoms with van der Waals surface area (Å²) in [7, 11) is 0. The Morgan fingerprint density at radius 1 is 0.475 bits per heavy atom. The van der Waals surface area contributed by atoms with Crippen LogP contribution in [-0.2, 0) is 0 Å². The summed E-state index contributed by atoms with van der Waals surface area (Å²) in [6, 6.07) is 46.8. The van der Waals surface area contributed by atoms with Gasteiger partial charge in [0.05, 0.1) is 11.6 Å². The standard InChI is InChI=1S/C37H21NOS/c38-22-23-9-11-24(12-10-23)33-19-25(26-14-17-30-29-5-1-3-7-34(29)39-35(30)20-26)13-16-28(33)27-15-18-32-31-6-2-4-8-36(31)40-37(32)21-27/h1-21H. The molecule has 0 saturated heterocycles. The molecule has 8 aromatic rings. The zero-order valence-corrected chi connectivity index (χ0v) is 22.2. The third-order valence-electron chi connectivity index (χ3n) is 7.75. The molecule has 0 radical (unpaired) electrons. The molecular formula is C37H21NOS. The first-order chi connectivity index (χ1) is 19.7. The van der Waals surface area contributed by atoms with Gasteiger partial charge in [-0.15, -0.1) is 11.3 Å². The maximum Gasteiger partial charge on any atom is 0.136 e. The molecule has 0 aliphatic carbocycles. The molecule has 40 heavy (non-hydrogen) atoms. The second kappa shape index (κ2) is 8.95. The highest BCUT2D eigenvalue weighted by Crippen LogP contribution is 2.41. The number of thiophene rings is 1. The lowest BCUT2D eigenvalue weighted by atomic mass is 9.90. The van der Waals surface area contributed by atoms with E-state index in [2.05, 4.69) is 91.0 Å².